The van der Waals surface area contributed by atoms with Gasteiger partial charge in [-0.05, 0) is 37.0 Å². The van der Waals surface area contributed by atoms with Crippen molar-refractivity contribution in [2.75, 3.05) is 7.11 Å². The van der Waals surface area contributed by atoms with Crippen LogP contribution >= 0.6 is 0 Å². The van der Waals surface area contributed by atoms with Gasteiger partial charge in [0.15, 0.2) is 11.6 Å². The van der Waals surface area contributed by atoms with E-state index in [1.54, 1.807) is 0 Å². The number of ether oxygens (including phenoxy) is 1. The Balaban J connectivity index is 2.97. The molecule has 1 unspecified atom stereocenters. The molecule has 1 aromatic rings. The lowest BCUT2D eigenvalue weighted by Crippen LogP contribution is -2.40. The topological polar surface area (TPSA) is 92.7 Å². The van der Waals surface area contributed by atoms with E-state index in [0.29, 0.717) is 6.42 Å². The molecule has 124 valence electrons. The number of aliphatic carboxylic acids is 1. The van der Waals surface area contributed by atoms with Gasteiger partial charge in [-0.3, -0.25) is 4.79 Å². The van der Waals surface area contributed by atoms with Crippen molar-refractivity contribution >= 4 is 16.0 Å². The summed E-state index contributed by atoms with van der Waals surface area (Å²) in [5.74, 6) is -1.95. The normalized spacial score (nSPS) is 13.1. The minimum atomic E-state index is -4.13. The van der Waals surface area contributed by atoms with E-state index in [4.69, 9.17) is 9.84 Å². The van der Waals surface area contributed by atoms with Gasteiger partial charge in [0.2, 0.25) is 10.0 Å². The molecule has 0 saturated heterocycles. The van der Waals surface area contributed by atoms with Crippen molar-refractivity contribution in [3.8, 4) is 5.75 Å². The number of benzene rings is 1. The first kappa shape index (κ1) is 18.4. The Morgan fingerprint density at radius 1 is 1.36 bits per heavy atom. The van der Waals surface area contributed by atoms with E-state index in [1.165, 1.54) is 13.2 Å². The number of halogens is 1. The number of methoxy groups -OCH3 is 1. The average Bonchev–Trinajstić information content (AvgIpc) is 2.42. The van der Waals surface area contributed by atoms with Crippen molar-refractivity contribution < 1.29 is 27.4 Å². The lowest BCUT2D eigenvalue weighted by atomic mass is 10.0. The summed E-state index contributed by atoms with van der Waals surface area (Å²) >= 11 is 0. The third-order valence-corrected chi connectivity index (χ3v) is 4.53. The molecule has 1 atom stereocenters. The predicted octanol–water partition coefficient (Wildman–Crippen LogP) is 2.00. The summed E-state index contributed by atoms with van der Waals surface area (Å²) in [4.78, 5) is 10.8. The molecular formula is C14H20FNO5S. The number of nitrogens with one attached hydrogen (secondary N) is 1. The third-order valence-electron chi connectivity index (χ3n) is 3.06. The molecule has 1 aromatic carbocycles. The van der Waals surface area contributed by atoms with Crippen molar-refractivity contribution in [1.82, 2.24) is 4.72 Å². The largest absolute Gasteiger partial charge is 0.494 e. The highest BCUT2D eigenvalue weighted by Crippen LogP contribution is 2.21. The van der Waals surface area contributed by atoms with Crippen LogP contribution in [0.1, 0.15) is 26.7 Å². The van der Waals surface area contributed by atoms with Crippen LogP contribution in [0.15, 0.2) is 23.1 Å². The van der Waals surface area contributed by atoms with Crippen molar-refractivity contribution in [3.63, 3.8) is 0 Å². The second-order valence-electron chi connectivity index (χ2n) is 5.28. The first-order valence-corrected chi connectivity index (χ1v) is 8.24. The molecule has 0 heterocycles. The minimum absolute atomic E-state index is 0.0893. The molecule has 22 heavy (non-hydrogen) atoms. The van der Waals surface area contributed by atoms with Gasteiger partial charge >= 0.3 is 5.97 Å². The smallest absolute Gasteiger partial charge is 0.321 e. The zero-order valence-corrected chi connectivity index (χ0v) is 13.5. The Hall–Kier alpha value is -1.67. The van der Waals surface area contributed by atoms with Gasteiger partial charge in [-0.15, -0.1) is 0 Å². The van der Waals surface area contributed by atoms with Gasteiger partial charge in [0.05, 0.1) is 12.0 Å². The van der Waals surface area contributed by atoms with E-state index >= 15 is 0 Å². The molecule has 0 saturated carbocycles. The maximum atomic E-state index is 13.6. The molecule has 0 aliphatic heterocycles. The van der Waals surface area contributed by atoms with Crippen LogP contribution in [0.25, 0.3) is 0 Å². The predicted molar refractivity (Wildman–Crippen MR) is 78.8 cm³/mol. The van der Waals surface area contributed by atoms with Gasteiger partial charge < -0.3 is 9.84 Å². The number of hydrogen-bond acceptors (Lipinski definition) is 4. The van der Waals surface area contributed by atoms with E-state index in [2.05, 4.69) is 4.72 Å². The van der Waals surface area contributed by atoms with Crippen LogP contribution in [0.5, 0.6) is 5.75 Å². The summed E-state index contributed by atoms with van der Waals surface area (Å²) in [7, 11) is -2.87. The fraction of sp³-hybridized carbons (Fsp3) is 0.500. The van der Waals surface area contributed by atoms with Crippen LogP contribution in [0.2, 0.25) is 0 Å². The van der Waals surface area contributed by atoms with E-state index < -0.39 is 27.9 Å². The standard InChI is InChI=1S/C14H20FNO5S/c1-9(2)4-6-12(14(17)18)16-22(19,20)10-5-7-13(21-3)11(15)8-10/h5,7-9,12,16H,4,6H2,1-3H3,(H,17,18). The fourth-order valence-electron chi connectivity index (χ4n) is 1.80. The Morgan fingerprint density at radius 2 is 2.00 bits per heavy atom. The lowest BCUT2D eigenvalue weighted by Gasteiger charge is -2.16. The summed E-state index contributed by atoms with van der Waals surface area (Å²) in [5.41, 5.74) is 0. The lowest BCUT2D eigenvalue weighted by molar-refractivity contribution is -0.139. The van der Waals surface area contributed by atoms with Gasteiger partial charge in [-0.1, -0.05) is 13.8 Å². The van der Waals surface area contributed by atoms with Gasteiger partial charge in [0.25, 0.3) is 0 Å². The van der Waals surface area contributed by atoms with Crippen LogP contribution in [0.4, 0.5) is 4.39 Å². The molecule has 0 aliphatic rings. The molecule has 1 rings (SSSR count). The highest BCUT2D eigenvalue weighted by atomic mass is 32.2. The van der Waals surface area contributed by atoms with E-state index in [1.807, 2.05) is 13.8 Å². The monoisotopic (exact) mass is 333 g/mol. The zero-order valence-electron chi connectivity index (χ0n) is 12.7. The van der Waals surface area contributed by atoms with E-state index in [-0.39, 0.29) is 23.0 Å². The number of carboxylic acids is 1. The summed E-state index contributed by atoms with van der Waals surface area (Å²) in [6.45, 7) is 3.82. The Bertz CT molecular complexity index is 630. The van der Waals surface area contributed by atoms with Crippen LogP contribution in [0, 0.1) is 11.7 Å². The summed E-state index contributed by atoms with van der Waals surface area (Å²) in [5, 5.41) is 9.11. The van der Waals surface area contributed by atoms with E-state index in [9.17, 15) is 17.6 Å². The summed E-state index contributed by atoms with van der Waals surface area (Å²) in [6, 6.07) is 1.87. The number of rotatable bonds is 8. The average molecular weight is 333 g/mol. The molecule has 0 aromatic heterocycles. The number of sulfonamides is 1. The SMILES string of the molecule is COc1ccc(S(=O)(=O)NC(CCC(C)C)C(=O)O)cc1F. The molecule has 8 heteroatoms. The van der Waals surface area contributed by atoms with Gasteiger partial charge in [-0.25, -0.2) is 12.8 Å². The maximum Gasteiger partial charge on any atom is 0.321 e. The van der Waals surface area contributed by atoms with Crippen molar-refractivity contribution in [3.05, 3.63) is 24.0 Å². The van der Waals surface area contributed by atoms with Crippen LogP contribution in [-0.4, -0.2) is 32.6 Å². The first-order valence-electron chi connectivity index (χ1n) is 6.76. The number of hydrogen-bond donors (Lipinski definition) is 2. The maximum absolute atomic E-state index is 13.6. The summed E-state index contributed by atoms with van der Waals surface area (Å²) < 4.78 is 44.7. The second-order valence-corrected chi connectivity index (χ2v) is 6.99. The van der Waals surface area contributed by atoms with Crippen LogP contribution in [-0.2, 0) is 14.8 Å². The Kier molecular flexibility index (Phi) is 6.31. The third kappa shape index (κ3) is 4.96. The molecule has 0 aliphatic carbocycles. The molecule has 0 spiro atoms. The van der Waals surface area contributed by atoms with Crippen molar-refractivity contribution in [2.24, 2.45) is 5.92 Å². The fourth-order valence-corrected chi connectivity index (χ4v) is 3.04. The number of carbonyl (C=O) groups is 1. The zero-order chi connectivity index (χ0) is 16.9. The first-order chi connectivity index (χ1) is 10.2. The second kappa shape index (κ2) is 7.55. The summed E-state index contributed by atoms with van der Waals surface area (Å²) in [6.07, 6.45) is 0.710. The highest BCUT2D eigenvalue weighted by molar-refractivity contribution is 7.89. The quantitative estimate of drug-likeness (QED) is 0.759. The molecule has 6 nitrogen and oxygen atoms in total. The molecule has 0 bridgehead atoms. The van der Waals surface area contributed by atoms with Crippen LogP contribution in [0.3, 0.4) is 0 Å². The molecule has 2 N–H and O–H groups in total. The molecule has 0 amide bonds. The minimum Gasteiger partial charge on any atom is -0.494 e. The van der Waals surface area contributed by atoms with Crippen LogP contribution < -0.4 is 9.46 Å². The Labute approximate surface area is 129 Å². The van der Waals surface area contributed by atoms with Crippen molar-refractivity contribution in [2.45, 2.75) is 37.6 Å². The van der Waals surface area contributed by atoms with E-state index in [0.717, 1.165) is 12.1 Å². The number of carboxylic acid groups (broad SMARTS) is 1. The molecule has 0 fully saturated rings. The highest BCUT2D eigenvalue weighted by Gasteiger charge is 2.26. The van der Waals surface area contributed by atoms with Gasteiger partial charge in [0.1, 0.15) is 6.04 Å². The molecule has 0 radical (unpaired) electrons. The van der Waals surface area contributed by atoms with Gasteiger partial charge in [0, 0.05) is 0 Å². The van der Waals surface area contributed by atoms with Gasteiger partial charge in [-0.2, -0.15) is 4.72 Å². The van der Waals surface area contributed by atoms with Crippen molar-refractivity contribution in [1.29, 1.82) is 0 Å². The molecular weight excluding hydrogens is 313 g/mol. The Morgan fingerprint density at radius 3 is 2.45 bits per heavy atom.